The van der Waals surface area contributed by atoms with Crippen LogP contribution in [0.15, 0.2) is 29.1 Å². The molecule has 0 aliphatic heterocycles. The number of rotatable bonds is 5. The molecule has 1 fully saturated rings. The van der Waals surface area contributed by atoms with Gasteiger partial charge in [-0.05, 0) is 38.3 Å². The quantitative estimate of drug-likeness (QED) is 0.733. The summed E-state index contributed by atoms with van der Waals surface area (Å²) in [5.41, 5.74) is 7.62. The lowest BCUT2D eigenvalue weighted by atomic mass is 9.66. The molecule has 7 heteroatoms. The predicted molar refractivity (Wildman–Crippen MR) is 85.6 cm³/mol. The van der Waals surface area contributed by atoms with Gasteiger partial charge < -0.3 is 15.5 Å². The Morgan fingerprint density at radius 3 is 2.82 bits per heavy atom. The number of aryl methyl sites for hydroxylation is 1. The lowest BCUT2D eigenvalue weighted by Crippen LogP contribution is -2.60. The summed E-state index contributed by atoms with van der Waals surface area (Å²) in [5, 5.41) is 9.83. The average molecular weight is 318 g/mol. The minimum absolute atomic E-state index is 0.190. The second-order valence-electron chi connectivity index (χ2n) is 5.78. The Labute approximate surface area is 133 Å². The minimum Gasteiger partial charge on any atom is -0.472 e. The largest absolute Gasteiger partial charge is 0.472 e. The number of hydrogen-bond donors (Lipinski definition) is 3. The lowest BCUT2D eigenvalue weighted by molar-refractivity contribution is 0.0807. The maximum Gasteiger partial charge on any atom is 0.269 e. The van der Waals surface area contributed by atoms with Gasteiger partial charge in [-0.2, -0.15) is 5.10 Å². The van der Waals surface area contributed by atoms with E-state index in [4.69, 9.17) is 22.4 Å². The van der Waals surface area contributed by atoms with Crippen molar-refractivity contribution in [1.82, 2.24) is 15.5 Å². The first-order valence-electron chi connectivity index (χ1n) is 7.18. The summed E-state index contributed by atoms with van der Waals surface area (Å²) in [4.78, 5) is 12.8. The van der Waals surface area contributed by atoms with Crippen LogP contribution in [0.3, 0.4) is 0 Å². The minimum atomic E-state index is -0.453. The fraction of sp³-hybridized carbons (Fsp3) is 0.400. The Kier molecular flexibility index (Phi) is 3.74. The van der Waals surface area contributed by atoms with E-state index >= 15 is 0 Å². The Morgan fingerprint density at radius 2 is 2.36 bits per heavy atom. The average Bonchev–Trinajstić information content (AvgIpc) is 3.07. The first kappa shape index (κ1) is 14.8. The molecule has 3 rings (SSSR count). The summed E-state index contributed by atoms with van der Waals surface area (Å²) < 4.78 is 5.16. The Bertz CT molecular complexity index is 688. The fourth-order valence-corrected chi connectivity index (χ4v) is 3.43. The molecule has 2 aromatic heterocycles. The van der Waals surface area contributed by atoms with Crippen molar-refractivity contribution in [1.29, 1.82) is 0 Å². The van der Waals surface area contributed by atoms with Gasteiger partial charge in [0.15, 0.2) is 0 Å². The third kappa shape index (κ3) is 2.52. The number of carbonyl (C=O) groups is 1. The summed E-state index contributed by atoms with van der Waals surface area (Å²) in [6.07, 6.45) is 5.92. The molecule has 1 saturated carbocycles. The lowest BCUT2D eigenvalue weighted by Gasteiger charge is -2.47. The van der Waals surface area contributed by atoms with Crippen molar-refractivity contribution in [2.75, 3.05) is 0 Å². The summed E-state index contributed by atoms with van der Waals surface area (Å²) in [6.45, 7) is 1.83. The Morgan fingerprint density at radius 1 is 1.59 bits per heavy atom. The summed E-state index contributed by atoms with van der Waals surface area (Å²) in [7, 11) is 0. The van der Waals surface area contributed by atoms with Crippen LogP contribution in [0.1, 0.15) is 46.9 Å². The van der Waals surface area contributed by atoms with Gasteiger partial charge in [-0.15, -0.1) is 0 Å². The number of nitrogens with one attached hydrogen (secondary N) is 2. The van der Waals surface area contributed by atoms with E-state index in [-0.39, 0.29) is 11.8 Å². The van der Waals surface area contributed by atoms with Gasteiger partial charge in [0.1, 0.15) is 5.69 Å². The number of amides is 1. The van der Waals surface area contributed by atoms with Crippen molar-refractivity contribution in [3.63, 3.8) is 0 Å². The number of H-pyrrole nitrogens is 1. The van der Waals surface area contributed by atoms with E-state index < -0.39 is 5.54 Å². The number of aromatic nitrogens is 2. The zero-order valence-electron chi connectivity index (χ0n) is 12.3. The van der Waals surface area contributed by atoms with Gasteiger partial charge in [0, 0.05) is 5.56 Å². The zero-order valence-corrected chi connectivity index (χ0v) is 13.1. The smallest absolute Gasteiger partial charge is 0.269 e. The molecule has 1 aliphatic carbocycles. The van der Waals surface area contributed by atoms with Crippen LogP contribution in [-0.2, 0) is 0 Å². The third-order valence-corrected chi connectivity index (χ3v) is 4.51. The van der Waals surface area contributed by atoms with Crippen molar-refractivity contribution < 1.29 is 9.21 Å². The highest BCUT2D eigenvalue weighted by Crippen LogP contribution is 2.44. The van der Waals surface area contributed by atoms with Gasteiger partial charge in [0.2, 0.25) is 0 Å². The summed E-state index contributed by atoms with van der Waals surface area (Å²) >= 11 is 5.25. The molecule has 2 aromatic rings. The maximum absolute atomic E-state index is 12.5. The van der Waals surface area contributed by atoms with Crippen LogP contribution >= 0.6 is 12.2 Å². The number of hydrogen-bond acceptors (Lipinski definition) is 4. The van der Waals surface area contributed by atoms with Crippen molar-refractivity contribution in [2.24, 2.45) is 5.73 Å². The van der Waals surface area contributed by atoms with Crippen LogP contribution in [-0.4, -0.2) is 26.6 Å². The van der Waals surface area contributed by atoms with Gasteiger partial charge in [-0.1, -0.05) is 12.2 Å². The highest BCUT2D eigenvalue weighted by atomic mass is 32.1. The summed E-state index contributed by atoms with van der Waals surface area (Å²) in [6, 6.07) is 3.56. The zero-order chi connectivity index (χ0) is 15.7. The van der Waals surface area contributed by atoms with Crippen LogP contribution in [0.5, 0.6) is 0 Å². The van der Waals surface area contributed by atoms with Gasteiger partial charge in [0.05, 0.1) is 34.7 Å². The molecular formula is C15H18N4O2S. The molecule has 0 radical (unpaired) electrons. The molecule has 0 aromatic carbocycles. The number of thiocarbonyl (C=S) groups is 1. The molecule has 0 spiro atoms. The molecule has 1 amide bonds. The highest BCUT2D eigenvalue weighted by molar-refractivity contribution is 7.80. The second-order valence-corrected chi connectivity index (χ2v) is 6.25. The van der Waals surface area contributed by atoms with E-state index in [1.165, 1.54) is 0 Å². The number of carbonyl (C=O) groups excluding carboxylic acids is 1. The molecule has 4 N–H and O–H groups in total. The van der Waals surface area contributed by atoms with Crippen molar-refractivity contribution in [3.05, 3.63) is 41.6 Å². The van der Waals surface area contributed by atoms with E-state index in [2.05, 4.69) is 15.5 Å². The van der Waals surface area contributed by atoms with E-state index in [9.17, 15) is 4.79 Å². The molecular weight excluding hydrogens is 300 g/mol. The summed E-state index contributed by atoms with van der Waals surface area (Å²) in [5.74, 6) is -0.423. The predicted octanol–water partition coefficient (Wildman–Crippen LogP) is 2.03. The maximum atomic E-state index is 12.5. The number of nitrogens with zero attached hydrogens (tertiary/aromatic N) is 1. The third-order valence-electron chi connectivity index (χ3n) is 4.27. The number of aromatic amines is 1. The highest BCUT2D eigenvalue weighted by Gasteiger charge is 2.47. The molecule has 1 atom stereocenters. The van der Waals surface area contributed by atoms with E-state index in [1.807, 2.05) is 13.0 Å². The second kappa shape index (κ2) is 5.57. The first-order chi connectivity index (χ1) is 10.5. The van der Waals surface area contributed by atoms with Gasteiger partial charge in [0.25, 0.3) is 5.91 Å². The number of nitrogens with two attached hydrogens (primary N) is 1. The van der Waals surface area contributed by atoms with Crippen molar-refractivity contribution in [2.45, 2.75) is 37.6 Å². The molecule has 6 nitrogen and oxygen atoms in total. The molecule has 0 saturated heterocycles. The van der Waals surface area contributed by atoms with Crippen molar-refractivity contribution >= 4 is 23.1 Å². The van der Waals surface area contributed by atoms with E-state index in [0.29, 0.717) is 10.7 Å². The van der Waals surface area contributed by atoms with E-state index in [0.717, 1.165) is 30.5 Å². The van der Waals surface area contributed by atoms with Crippen LogP contribution in [0.4, 0.5) is 0 Å². The van der Waals surface area contributed by atoms with Crippen LogP contribution < -0.4 is 11.1 Å². The SMILES string of the molecule is Cc1cc(C(=O)NC2(C(C(N)=S)c3ccoc3)CCC2)[nH]n1. The number of furan rings is 1. The molecule has 22 heavy (non-hydrogen) atoms. The Balaban J connectivity index is 1.87. The first-order valence-corrected chi connectivity index (χ1v) is 7.58. The van der Waals surface area contributed by atoms with Crippen molar-refractivity contribution in [3.8, 4) is 0 Å². The monoisotopic (exact) mass is 318 g/mol. The molecule has 2 heterocycles. The molecule has 116 valence electrons. The molecule has 1 aliphatic rings. The molecule has 0 bridgehead atoms. The van der Waals surface area contributed by atoms with E-state index in [1.54, 1.807) is 18.6 Å². The van der Waals surface area contributed by atoms with Crippen LogP contribution in [0.25, 0.3) is 0 Å². The fourth-order valence-electron chi connectivity index (χ4n) is 3.07. The Hall–Kier alpha value is -2.15. The van der Waals surface area contributed by atoms with Crippen LogP contribution in [0, 0.1) is 6.92 Å². The standard InChI is InChI=1S/C15H18N4O2S/c1-9-7-11(19-18-9)14(20)17-15(4-2-5-15)12(13(16)22)10-3-6-21-8-10/h3,6-8,12H,2,4-5H2,1H3,(H2,16,22)(H,17,20)(H,18,19). The topological polar surface area (TPSA) is 96.9 Å². The molecule has 1 unspecified atom stereocenters. The van der Waals surface area contributed by atoms with Gasteiger partial charge in [-0.3, -0.25) is 9.89 Å². The van der Waals surface area contributed by atoms with Crippen LogP contribution in [0.2, 0.25) is 0 Å². The van der Waals surface area contributed by atoms with Gasteiger partial charge in [-0.25, -0.2) is 0 Å². The normalized spacial score (nSPS) is 17.5. The van der Waals surface area contributed by atoms with Gasteiger partial charge >= 0.3 is 0 Å².